The Morgan fingerprint density at radius 1 is 0.400 bits per heavy atom. The van der Waals surface area contributed by atoms with Gasteiger partial charge < -0.3 is 9.32 Å². The third kappa shape index (κ3) is 5.21. The van der Waals surface area contributed by atoms with Crippen molar-refractivity contribution in [1.82, 2.24) is 0 Å². The molecule has 1 aromatic heterocycles. The number of para-hydroxylation sites is 1. The molecular formula is C48H37NO. The molecule has 0 fully saturated rings. The predicted molar refractivity (Wildman–Crippen MR) is 213 cm³/mol. The van der Waals surface area contributed by atoms with Crippen LogP contribution in [0.3, 0.4) is 0 Å². The van der Waals surface area contributed by atoms with Gasteiger partial charge in [-0.2, -0.15) is 0 Å². The van der Waals surface area contributed by atoms with Gasteiger partial charge in [-0.25, -0.2) is 0 Å². The van der Waals surface area contributed by atoms with Gasteiger partial charge in [-0.15, -0.1) is 0 Å². The van der Waals surface area contributed by atoms with Crippen molar-refractivity contribution in [2.75, 3.05) is 4.90 Å². The third-order valence-corrected chi connectivity index (χ3v) is 10.0. The van der Waals surface area contributed by atoms with Crippen molar-refractivity contribution in [1.29, 1.82) is 0 Å². The number of furan rings is 1. The van der Waals surface area contributed by atoms with Gasteiger partial charge in [0, 0.05) is 33.6 Å². The summed E-state index contributed by atoms with van der Waals surface area (Å²) in [5.41, 5.74) is 11.3. The fourth-order valence-corrected chi connectivity index (χ4v) is 7.34. The Morgan fingerprint density at radius 2 is 0.980 bits per heavy atom. The van der Waals surface area contributed by atoms with E-state index in [1.54, 1.807) is 0 Å². The van der Waals surface area contributed by atoms with E-state index in [1.807, 2.05) is 12.1 Å². The second kappa shape index (κ2) is 11.8. The zero-order valence-corrected chi connectivity index (χ0v) is 28.5. The van der Waals surface area contributed by atoms with Crippen molar-refractivity contribution >= 4 is 60.5 Å². The molecule has 9 aromatic rings. The minimum Gasteiger partial charge on any atom is -0.456 e. The number of rotatable bonds is 5. The highest BCUT2D eigenvalue weighted by Gasteiger charge is 2.19. The van der Waals surface area contributed by atoms with E-state index in [9.17, 15) is 0 Å². The highest BCUT2D eigenvalue weighted by atomic mass is 16.3. The molecule has 0 aliphatic rings. The van der Waals surface area contributed by atoms with Gasteiger partial charge in [-0.1, -0.05) is 142 Å². The normalized spacial score (nSPS) is 11.9. The van der Waals surface area contributed by atoms with Crippen LogP contribution < -0.4 is 4.90 Å². The van der Waals surface area contributed by atoms with Gasteiger partial charge in [0.15, 0.2) is 0 Å². The third-order valence-electron chi connectivity index (χ3n) is 10.0. The quantitative estimate of drug-likeness (QED) is 0.174. The monoisotopic (exact) mass is 643 g/mol. The molecule has 0 spiro atoms. The molecule has 50 heavy (non-hydrogen) atoms. The molecule has 0 unspecified atom stereocenters. The first-order valence-electron chi connectivity index (χ1n) is 17.3. The summed E-state index contributed by atoms with van der Waals surface area (Å²) in [5.74, 6) is 0. The van der Waals surface area contributed by atoms with Crippen LogP contribution in [0.25, 0.3) is 65.7 Å². The van der Waals surface area contributed by atoms with Crippen LogP contribution in [-0.4, -0.2) is 0 Å². The van der Waals surface area contributed by atoms with Gasteiger partial charge in [0.1, 0.15) is 11.2 Å². The maximum Gasteiger partial charge on any atom is 0.137 e. The summed E-state index contributed by atoms with van der Waals surface area (Å²) in [6.45, 7) is 6.77. The number of hydrogen-bond donors (Lipinski definition) is 0. The lowest BCUT2D eigenvalue weighted by molar-refractivity contribution is 0.590. The van der Waals surface area contributed by atoms with E-state index in [0.29, 0.717) is 0 Å². The van der Waals surface area contributed by atoms with E-state index in [4.69, 9.17) is 4.42 Å². The van der Waals surface area contributed by atoms with Gasteiger partial charge in [0.05, 0.1) is 5.69 Å². The number of hydrogen-bond acceptors (Lipinski definition) is 2. The van der Waals surface area contributed by atoms with E-state index >= 15 is 0 Å². The van der Waals surface area contributed by atoms with Crippen LogP contribution in [0.15, 0.2) is 174 Å². The molecule has 0 radical (unpaired) electrons. The average molecular weight is 644 g/mol. The minimum atomic E-state index is 0.132. The number of fused-ring (bicyclic) bond motifs is 6. The van der Waals surface area contributed by atoms with Gasteiger partial charge in [0.25, 0.3) is 0 Å². The highest BCUT2D eigenvalue weighted by molar-refractivity contribution is 6.15. The minimum absolute atomic E-state index is 0.132. The van der Waals surface area contributed by atoms with Crippen molar-refractivity contribution < 1.29 is 4.42 Å². The Labute approximate surface area is 292 Å². The van der Waals surface area contributed by atoms with Gasteiger partial charge in [0.2, 0.25) is 0 Å². The Kier molecular flexibility index (Phi) is 7.07. The molecule has 0 saturated carbocycles. The largest absolute Gasteiger partial charge is 0.456 e. The van der Waals surface area contributed by atoms with Crippen LogP contribution in [0, 0.1) is 0 Å². The fourth-order valence-electron chi connectivity index (χ4n) is 7.34. The Hall–Kier alpha value is -6.12. The molecule has 0 bridgehead atoms. The van der Waals surface area contributed by atoms with E-state index in [1.165, 1.54) is 49.4 Å². The Balaban J connectivity index is 1.17. The summed E-state index contributed by atoms with van der Waals surface area (Å²) in [7, 11) is 0. The summed E-state index contributed by atoms with van der Waals surface area (Å²) in [6, 6.07) is 61.4. The van der Waals surface area contributed by atoms with Crippen LogP contribution in [0.5, 0.6) is 0 Å². The number of anilines is 3. The zero-order valence-electron chi connectivity index (χ0n) is 28.5. The van der Waals surface area contributed by atoms with Gasteiger partial charge in [-0.05, 0) is 91.9 Å². The Bertz CT molecular complexity index is 2670. The average Bonchev–Trinajstić information content (AvgIpc) is 3.53. The standard InChI is InChI=1S/C48H37NO/c1-48(2,3)37-23-19-32(20-24-37)34-12-10-13-35(29-34)33-21-25-38(26-22-33)49(39-27-28-44-43-17-8-9-18-46(43)50-47(44)31-39)45-30-36-11-4-5-14-40(36)41-15-6-7-16-42(41)45/h4-31H,1-3H3. The van der Waals surface area contributed by atoms with E-state index in [2.05, 4.69) is 183 Å². The summed E-state index contributed by atoms with van der Waals surface area (Å²) in [6.07, 6.45) is 0. The van der Waals surface area contributed by atoms with Crippen LogP contribution in [0.4, 0.5) is 17.1 Å². The number of benzene rings is 8. The van der Waals surface area contributed by atoms with Crippen molar-refractivity contribution in [2.24, 2.45) is 0 Å². The summed E-state index contributed by atoms with van der Waals surface area (Å²) >= 11 is 0. The first-order chi connectivity index (χ1) is 24.4. The topological polar surface area (TPSA) is 16.4 Å². The molecule has 0 N–H and O–H groups in total. The molecule has 2 nitrogen and oxygen atoms in total. The second-order valence-electron chi connectivity index (χ2n) is 14.2. The summed E-state index contributed by atoms with van der Waals surface area (Å²) in [5, 5.41) is 7.15. The molecule has 2 heteroatoms. The van der Waals surface area contributed by atoms with Gasteiger partial charge in [-0.3, -0.25) is 0 Å². The molecule has 8 aromatic carbocycles. The van der Waals surface area contributed by atoms with Crippen molar-refractivity contribution in [3.63, 3.8) is 0 Å². The van der Waals surface area contributed by atoms with Crippen LogP contribution >= 0.6 is 0 Å². The van der Waals surface area contributed by atoms with Crippen LogP contribution in [-0.2, 0) is 5.41 Å². The lowest BCUT2D eigenvalue weighted by Crippen LogP contribution is -2.10. The predicted octanol–water partition coefficient (Wildman–Crippen LogP) is 14.0. The zero-order chi connectivity index (χ0) is 33.8. The molecule has 0 aliphatic carbocycles. The maximum atomic E-state index is 6.39. The van der Waals surface area contributed by atoms with Crippen LogP contribution in [0.2, 0.25) is 0 Å². The lowest BCUT2D eigenvalue weighted by Gasteiger charge is -2.27. The molecule has 0 aliphatic heterocycles. The van der Waals surface area contributed by atoms with Gasteiger partial charge >= 0.3 is 0 Å². The second-order valence-corrected chi connectivity index (χ2v) is 14.2. The van der Waals surface area contributed by atoms with E-state index < -0.39 is 0 Å². The molecule has 0 amide bonds. The molecular weight excluding hydrogens is 607 g/mol. The van der Waals surface area contributed by atoms with Crippen molar-refractivity contribution in [3.05, 3.63) is 175 Å². The molecule has 240 valence electrons. The SMILES string of the molecule is CC(C)(C)c1ccc(-c2cccc(-c3ccc(N(c4ccc5c(c4)oc4ccccc45)c4cc5ccccc5c5ccccc45)cc3)c2)cc1. The first kappa shape index (κ1) is 30.0. The van der Waals surface area contributed by atoms with E-state index in [-0.39, 0.29) is 5.41 Å². The van der Waals surface area contributed by atoms with Crippen molar-refractivity contribution in [3.8, 4) is 22.3 Å². The first-order valence-corrected chi connectivity index (χ1v) is 17.3. The smallest absolute Gasteiger partial charge is 0.137 e. The molecule has 0 saturated heterocycles. The molecule has 0 atom stereocenters. The fraction of sp³-hybridized carbons (Fsp3) is 0.0833. The lowest BCUT2D eigenvalue weighted by atomic mass is 9.86. The molecule has 9 rings (SSSR count). The maximum absolute atomic E-state index is 6.39. The highest BCUT2D eigenvalue weighted by Crippen LogP contribution is 2.44. The Morgan fingerprint density at radius 3 is 1.70 bits per heavy atom. The number of nitrogens with zero attached hydrogens (tertiary/aromatic N) is 1. The van der Waals surface area contributed by atoms with Crippen LogP contribution in [0.1, 0.15) is 26.3 Å². The summed E-state index contributed by atoms with van der Waals surface area (Å²) in [4.78, 5) is 2.37. The van der Waals surface area contributed by atoms with Crippen molar-refractivity contribution in [2.45, 2.75) is 26.2 Å². The summed E-state index contributed by atoms with van der Waals surface area (Å²) < 4.78 is 6.39. The molecule has 1 heterocycles. The van der Waals surface area contributed by atoms with E-state index in [0.717, 1.165) is 39.0 Å².